The maximum Gasteiger partial charge on any atom is 0.327 e. The quantitative estimate of drug-likeness (QED) is 0.0295. The van der Waals surface area contributed by atoms with E-state index < -0.39 is 18.2 Å². The van der Waals surface area contributed by atoms with E-state index in [-0.39, 0.29) is 61.3 Å². The molecule has 0 radical (unpaired) electrons. The first-order valence-corrected chi connectivity index (χ1v) is 40.8. The molecule has 4 unspecified atom stereocenters. The highest BCUT2D eigenvalue weighted by molar-refractivity contribution is 7.15. The molecule has 16 rings (SSSR count). The van der Waals surface area contributed by atoms with Gasteiger partial charge >= 0.3 is 18.0 Å². The Morgan fingerprint density at radius 2 is 1.41 bits per heavy atom. The van der Waals surface area contributed by atoms with Crippen LogP contribution >= 0.6 is 22.9 Å². The van der Waals surface area contributed by atoms with Gasteiger partial charge in [0.25, 0.3) is 17.7 Å². The van der Waals surface area contributed by atoms with Gasteiger partial charge in [-0.15, -0.1) is 30.6 Å². The summed E-state index contributed by atoms with van der Waals surface area (Å²) < 4.78 is 44.4. The molecule has 2 aliphatic carbocycles. The number of hydrogen-bond donors (Lipinski definition) is 7. The van der Waals surface area contributed by atoms with Crippen LogP contribution < -0.4 is 50.3 Å². The molecule has 4 aliphatic rings. The van der Waals surface area contributed by atoms with Gasteiger partial charge in [0.1, 0.15) is 28.0 Å². The van der Waals surface area contributed by atoms with Crippen LogP contribution in [0.3, 0.4) is 0 Å². The fourth-order valence-corrected chi connectivity index (χ4v) is 15.2. The van der Waals surface area contributed by atoms with E-state index in [1.54, 1.807) is 95.0 Å². The first-order valence-electron chi connectivity index (χ1n) is 39.7. The topological polar surface area (TPSA) is 400 Å². The molecule has 7 aromatic carbocycles. The highest BCUT2D eigenvalue weighted by Crippen LogP contribution is 2.39. The van der Waals surface area contributed by atoms with Crippen LogP contribution in [0.1, 0.15) is 143 Å². The van der Waals surface area contributed by atoms with Crippen molar-refractivity contribution in [2.75, 3.05) is 84.9 Å². The number of halogens is 1. The number of aryl methyl sites for hydroxylation is 2. The molecule has 122 heavy (non-hydrogen) atoms. The number of aliphatic carboxylic acids is 1. The number of likely N-dealkylation sites (tertiary alicyclic amines) is 1. The molecule has 35 heteroatoms. The van der Waals surface area contributed by atoms with Crippen LogP contribution in [0.4, 0.5) is 26.1 Å². The van der Waals surface area contributed by atoms with Crippen LogP contribution in [-0.2, 0) is 22.5 Å². The second-order valence-electron chi connectivity index (χ2n) is 29.0. The van der Waals surface area contributed by atoms with Crippen LogP contribution in [0.2, 0.25) is 5.02 Å². The van der Waals surface area contributed by atoms with Crippen LogP contribution in [0.15, 0.2) is 185 Å². The van der Waals surface area contributed by atoms with Gasteiger partial charge in [0.15, 0.2) is 35.7 Å². The maximum absolute atomic E-state index is 12.9. The van der Waals surface area contributed by atoms with Gasteiger partial charge in [-0.2, -0.15) is 9.90 Å². The van der Waals surface area contributed by atoms with Gasteiger partial charge in [0.05, 0.1) is 72.2 Å². The van der Waals surface area contributed by atoms with E-state index in [0.717, 1.165) is 63.9 Å². The fraction of sp³-hybridized carbons (Fsp3) is 0.333. The lowest BCUT2D eigenvalue weighted by molar-refractivity contribution is -0.138. The van der Waals surface area contributed by atoms with E-state index in [0.29, 0.717) is 103 Å². The number of ether oxygens (including phenoxy) is 6. The number of rotatable bonds is 24. The van der Waals surface area contributed by atoms with Crippen molar-refractivity contribution in [1.82, 2.24) is 76.0 Å². The SMILES string of the molecule is COc1ccc(-c2cc(C(=O)NC3CCc4ccccc43)no2)cc1.COc1ccc(-c2nnn(CC(=O)O)n2)cc1OC.COc1ccc(NC(=O)N2C(CO)COC2c2ccccc2)c(OC)c1.Cc1nnc(-c2cc(C(C)C)n(-c3cccc(C(=O)NCCC4CCCN4C)c3)n2)o1.O=C(Nc1ccc(Cl)cc1)Nc1nnc(C2CCCC2)s1. The van der Waals surface area contributed by atoms with Crippen molar-refractivity contribution < 1.29 is 71.5 Å². The Labute approximate surface area is 713 Å². The molecule has 0 spiro atoms. The summed E-state index contributed by atoms with van der Waals surface area (Å²) in [5, 5.41) is 71.1. The van der Waals surface area contributed by atoms with Gasteiger partial charge in [-0.1, -0.05) is 115 Å². The lowest BCUT2D eigenvalue weighted by atomic mass is 10.1. The Balaban J connectivity index is 0.000000141. The molecular weight excluding hydrogens is 1600 g/mol. The minimum Gasteiger partial charge on any atom is -0.497 e. The number of carboxylic acid groups (broad SMARTS) is 1. The van der Waals surface area contributed by atoms with Crippen molar-refractivity contribution in [2.45, 2.75) is 121 Å². The van der Waals surface area contributed by atoms with Crippen LogP contribution in [0.25, 0.3) is 40.0 Å². The number of hydrogen-bond acceptors (Lipinski definition) is 25. The number of anilines is 3. The molecule has 33 nitrogen and oxygen atoms in total. The van der Waals surface area contributed by atoms with Gasteiger partial charge in [0, 0.05) is 76.2 Å². The first kappa shape index (κ1) is 88.1. The predicted octanol–water partition coefficient (Wildman–Crippen LogP) is 14.9. The molecule has 5 aromatic heterocycles. The fourth-order valence-electron chi connectivity index (χ4n) is 14.2. The molecule has 0 bridgehead atoms. The zero-order chi connectivity index (χ0) is 86.2. The van der Waals surface area contributed by atoms with E-state index in [4.69, 9.17) is 59.2 Å². The van der Waals surface area contributed by atoms with E-state index >= 15 is 0 Å². The number of carboxylic acids is 1. The molecule has 7 N–H and O–H groups in total. The Morgan fingerprint density at radius 3 is 2.11 bits per heavy atom. The summed E-state index contributed by atoms with van der Waals surface area (Å²) in [6, 6.07) is 52.9. The normalized spacial score (nSPS) is 15.8. The molecule has 2 aliphatic heterocycles. The summed E-state index contributed by atoms with van der Waals surface area (Å²) in [5.74, 6) is 4.19. The summed E-state index contributed by atoms with van der Waals surface area (Å²) in [7, 11) is 9.92. The minimum absolute atomic E-state index is 0.0323. The zero-order valence-electron chi connectivity index (χ0n) is 68.9. The molecule has 6 amide bonds. The highest BCUT2D eigenvalue weighted by Gasteiger charge is 2.39. The zero-order valence-corrected chi connectivity index (χ0v) is 70.5. The molecule has 12 aromatic rings. The number of aromatic nitrogens is 11. The van der Waals surface area contributed by atoms with Crippen molar-refractivity contribution in [3.63, 3.8) is 0 Å². The third-order valence-electron chi connectivity index (χ3n) is 20.5. The average molecular weight is 1700 g/mol. The first-order chi connectivity index (χ1) is 59.2. The molecule has 1 saturated carbocycles. The van der Waals surface area contributed by atoms with Crippen LogP contribution in [0.5, 0.6) is 28.7 Å². The Bertz CT molecular complexity index is 5470. The Morgan fingerprint density at radius 1 is 0.672 bits per heavy atom. The van der Waals surface area contributed by atoms with E-state index in [2.05, 4.69) is 105 Å². The molecular formula is C87H97ClN18O15S. The lowest BCUT2D eigenvalue weighted by Crippen LogP contribution is -2.42. The van der Waals surface area contributed by atoms with Crippen LogP contribution in [-0.4, -0.2) is 186 Å². The highest BCUT2D eigenvalue weighted by atomic mass is 35.5. The van der Waals surface area contributed by atoms with Gasteiger partial charge in [-0.25, -0.2) is 14.3 Å². The van der Waals surface area contributed by atoms with Crippen molar-refractivity contribution in [3.05, 3.63) is 225 Å². The predicted molar refractivity (Wildman–Crippen MR) is 457 cm³/mol. The monoisotopic (exact) mass is 1700 g/mol. The van der Waals surface area contributed by atoms with Crippen molar-refractivity contribution in [2.24, 2.45) is 0 Å². The number of benzene rings is 7. The molecule has 3 fully saturated rings. The number of urea groups is 2. The minimum atomic E-state index is -1.03. The number of carbonyl (C=O) groups excluding carboxylic acids is 4. The van der Waals surface area contributed by atoms with Gasteiger partial charge < -0.3 is 73.7 Å². The molecule has 2 saturated heterocycles. The van der Waals surface area contributed by atoms with Crippen molar-refractivity contribution >= 4 is 69.3 Å². The van der Waals surface area contributed by atoms with Crippen molar-refractivity contribution in [3.8, 4) is 68.7 Å². The van der Waals surface area contributed by atoms with Crippen LogP contribution in [0, 0.1) is 6.92 Å². The summed E-state index contributed by atoms with van der Waals surface area (Å²) in [6.45, 7) is 7.54. The van der Waals surface area contributed by atoms with E-state index in [1.807, 2.05) is 102 Å². The maximum atomic E-state index is 12.9. The third-order valence-corrected chi connectivity index (χ3v) is 21.8. The van der Waals surface area contributed by atoms with Gasteiger partial charge in [-0.3, -0.25) is 24.6 Å². The number of methoxy groups -OCH3 is 5. The second-order valence-corrected chi connectivity index (χ2v) is 30.5. The number of aliphatic hydroxyl groups excluding tert-OH is 1. The van der Waals surface area contributed by atoms with E-state index in [9.17, 15) is 29.1 Å². The Kier molecular flexibility index (Phi) is 30.8. The average Bonchev–Trinajstić information content (AvgIpc) is 1.64. The summed E-state index contributed by atoms with van der Waals surface area (Å²) >= 11 is 7.25. The number of carbonyl (C=O) groups is 5. The van der Waals surface area contributed by atoms with Gasteiger partial charge in [-0.05, 0) is 184 Å². The summed E-state index contributed by atoms with van der Waals surface area (Å²) in [5.41, 5.74) is 9.40. The standard InChI is InChI=1S/C23H30N6O2.C20H18N2O3.C19H22N2O5.C14H15ClN4OS.C11H12N4O4/c1-15(2)21-14-20(23-26-25-16(3)31-23)27-29(21)19-8-5-7-17(13-19)22(30)24-11-10-18-9-6-12-28(18)4;1-24-15-9-6-14(7-10-15)19-12-18(22-25-19)20(23)21-17-11-8-13-4-2-3-5-16(13)17;1-24-15-8-9-16(17(10-15)25-2)20-19(23)21-14(11-22)12-26-18(21)13-6-4-3-5-7-13;15-10-5-7-11(8-6-10)16-13(20)17-14-19-18-12(21-14)9-3-1-2-4-9;1-18-8-4-3-7(5-9(8)19-2)11-12-14-15(13-11)6-10(16)17/h5,7-8,13-15,18H,6,9-12H2,1-4H3,(H,24,30);2-7,9-10,12,17H,8,11H2,1H3,(H,21,23);3-10,14,18,22H,11-12H2,1-2H3,(H,20,23);5-9H,1-4H2,(H2,16,17,19,20);3-5H,6H2,1-2H3,(H,16,17). The number of aliphatic hydroxyl groups is 1. The smallest absolute Gasteiger partial charge is 0.327 e. The number of fused-ring (bicyclic) bond motifs is 1. The molecule has 4 atom stereocenters. The largest absolute Gasteiger partial charge is 0.497 e. The van der Waals surface area contributed by atoms with Gasteiger partial charge in [0.2, 0.25) is 16.8 Å². The molecule has 7 heterocycles. The summed E-state index contributed by atoms with van der Waals surface area (Å²) in [4.78, 5) is 65.5. The number of nitrogens with one attached hydrogen (secondary N) is 5. The molecule has 638 valence electrons. The van der Waals surface area contributed by atoms with Crippen molar-refractivity contribution in [1.29, 1.82) is 0 Å². The summed E-state index contributed by atoms with van der Waals surface area (Å²) in [6.07, 6.45) is 9.62. The lowest BCUT2D eigenvalue weighted by Gasteiger charge is -2.28. The second kappa shape index (κ2) is 42.7. The number of nitrogens with zero attached hydrogens (tertiary/aromatic N) is 13. The third kappa shape index (κ3) is 23.3. The number of tetrazole rings is 1. The van der Waals surface area contributed by atoms with E-state index in [1.165, 1.54) is 80.1 Å². The number of amides is 6. The Hall–Kier alpha value is -13.2.